The van der Waals surface area contributed by atoms with Gasteiger partial charge in [0.2, 0.25) is 0 Å². The maximum atomic E-state index is 9.04. The minimum absolute atomic E-state index is 0.346. The Balaban J connectivity index is 1.72. The molecule has 0 aliphatic heterocycles. The molecule has 0 bridgehead atoms. The second-order valence-corrected chi connectivity index (χ2v) is 6.94. The Kier molecular flexibility index (Phi) is 5.77. The van der Waals surface area contributed by atoms with E-state index in [-0.39, 0.29) is 0 Å². The van der Waals surface area contributed by atoms with Gasteiger partial charge in [0.1, 0.15) is 5.75 Å². The van der Waals surface area contributed by atoms with Crippen molar-refractivity contribution in [2.24, 2.45) is 0 Å². The summed E-state index contributed by atoms with van der Waals surface area (Å²) >= 11 is 0. The molecule has 6 nitrogen and oxygen atoms in total. The fourth-order valence-corrected chi connectivity index (χ4v) is 3.32. The van der Waals surface area contributed by atoms with Gasteiger partial charge in [0, 0.05) is 41.1 Å². The smallest absolute Gasteiger partial charge is 0.142 e. The monoisotopic (exact) mass is 407 g/mol. The molecule has 0 spiro atoms. The van der Waals surface area contributed by atoms with Crippen molar-refractivity contribution in [3.8, 4) is 23.1 Å². The first kappa shape index (κ1) is 19.9. The predicted octanol–water partition coefficient (Wildman–Crippen LogP) is 5.54. The number of methoxy groups -OCH3 is 1. The highest BCUT2D eigenvalue weighted by molar-refractivity contribution is 5.99. The first-order chi connectivity index (χ1) is 15.2. The third-order valence-corrected chi connectivity index (χ3v) is 4.85. The number of pyridine rings is 2. The first-order valence-corrected chi connectivity index (χ1v) is 9.74. The molecule has 0 amide bonds. The van der Waals surface area contributed by atoms with E-state index in [0.717, 1.165) is 39.1 Å². The van der Waals surface area contributed by atoms with E-state index in [9.17, 15) is 0 Å². The van der Waals surface area contributed by atoms with Crippen LogP contribution in [0.1, 0.15) is 0 Å². The van der Waals surface area contributed by atoms with Crippen LogP contribution < -0.4 is 15.4 Å². The van der Waals surface area contributed by atoms with Crippen molar-refractivity contribution in [1.82, 2.24) is 9.97 Å². The lowest BCUT2D eigenvalue weighted by molar-refractivity contribution is 0.417. The molecule has 0 aliphatic carbocycles. The van der Waals surface area contributed by atoms with E-state index in [1.807, 2.05) is 42.5 Å². The number of anilines is 3. The molecule has 0 unspecified atom stereocenters. The summed E-state index contributed by atoms with van der Waals surface area (Å²) in [4.78, 5) is 8.69. The number of hydrogen-bond acceptors (Lipinski definition) is 6. The van der Waals surface area contributed by atoms with Crippen molar-refractivity contribution in [2.45, 2.75) is 0 Å². The molecule has 0 fully saturated rings. The average molecular weight is 407 g/mol. The molecule has 2 heterocycles. The van der Waals surface area contributed by atoms with Crippen LogP contribution in [0.15, 0.2) is 85.3 Å². The largest absolute Gasteiger partial charge is 0.495 e. The van der Waals surface area contributed by atoms with Gasteiger partial charge < -0.3 is 15.4 Å². The number of nitrogens with one attached hydrogen (secondary N) is 2. The van der Waals surface area contributed by atoms with E-state index in [0.29, 0.717) is 17.9 Å². The molecule has 4 rings (SSSR count). The molecular weight excluding hydrogens is 386 g/mol. The molecule has 0 atom stereocenters. The van der Waals surface area contributed by atoms with Crippen LogP contribution in [-0.2, 0) is 0 Å². The summed E-state index contributed by atoms with van der Waals surface area (Å²) in [5.41, 5.74) is 4.91. The van der Waals surface area contributed by atoms with Gasteiger partial charge in [0.05, 0.1) is 36.4 Å². The minimum atomic E-state index is 0.346. The van der Waals surface area contributed by atoms with Gasteiger partial charge in [-0.05, 0) is 41.8 Å². The van der Waals surface area contributed by atoms with Crippen molar-refractivity contribution >= 4 is 27.8 Å². The van der Waals surface area contributed by atoms with E-state index >= 15 is 0 Å². The van der Waals surface area contributed by atoms with E-state index < -0.39 is 0 Å². The van der Waals surface area contributed by atoms with Crippen molar-refractivity contribution in [3.63, 3.8) is 0 Å². The zero-order valence-electron chi connectivity index (χ0n) is 17.1. The predicted molar refractivity (Wildman–Crippen MR) is 124 cm³/mol. The SMILES string of the molecule is C=C(C#N)CNc1c(OC)ccc2ccc(-c3cc(Nc4cccnc4)ccn3)cc12. The van der Waals surface area contributed by atoms with E-state index in [4.69, 9.17) is 10.00 Å². The summed E-state index contributed by atoms with van der Waals surface area (Å²) in [7, 11) is 1.63. The van der Waals surface area contributed by atoms with Gasteiger partial charge in [-0.3, -0.25) is 9.97 Å². The lowest BCUT2D eigenvalue weighted by Crippen LogP contribution is -2.05. The number of ether oxygens (including phenoxy) is 1. The number of benzene rings is 2. The molecule has 31 heavy (non-hydrogen) atoms. The van der Waals surface area contributed by atoms with Gasteiger partial charge in [0.15, 0.2) is 0 Å². The Morgan fingerprint density at radius 3 is 2.74 bits per heavy atom. The molecule has 4 aromatic rings. The number of hydrogen-bond donors (Lipinski definition) is 2. The summed E-state index contributed by atoms with van der Waals surface area (Å²) in [6, 6.07) is 19.9. The number of rotatable bonds is 7. The molecule has 0 aliphatic rings. The molecule has 6 heteroatoms. The van der Waals surface area contributed by atoms with Crippen LogP contribution >= 0.6 is 0 Å². The highest BCUT2D eigenvalue weighted by atomic mass is 16.5. The topological polar surface area (TPSA) is 82.9 Å². The van der Waals surface area contributed by atoms with Crippen LogP contribution in [0.5, 0.6) is 5.75 Å². The first-order valence-electron chi connectivity index (χ1n) is 9.74. The molecule has 0 radical (unpaired) electrons. The summed E-state index contributed by atoms with van der Waals surface area (Å²) in [5.74, 6) is 0.704. The van der Waals surface area contributed by atoms with Gasteiger partial charge in [-0.1, -0.05) is 24.8 Å². The fraction of sp³-hybridized carbons (Fsp3) is 0.0800. The lowest BCUT2D eigenvalue weighted by Gasteiger charge is -2.15. The van der Waals surface area contributed by atoms with Crippen LogP contribution in [-0.4, -0.2) is 23.6 Å². The molecule has 0 saturated heterocycles. The van der Waals surface area contributed by atoms with Crippen molar-refractivity contribution < 1.29 is 4.74 Å². The summed E-state index contributed by atoms with van der Waals surface area (Å²) < 4.78 is 5.54. The van der Waals surface area contributed by atoms with E-state index in [1.165, 1.54) is 0 Å². The Labute approximate surface area is 180 Å². The summed E-state index contributed by atoms with van der Waals surface area (Å²) in [6.45, 7) is 4.09. The quantitative estimate of drug-likeness (QED) is 0.391. The number of fused-ring (bicyclic) bond motifs is 1. The third-order valence-electron chi connectivity index (χ3n) is 4.85. The minimum Gasteiger partial charge on any atom is -0.495 e. The standard InChI is InChI=1S/C25H21N5O/c1-17(14-26)15-29-25-22-12-19(6-5-18(22)7-8-24(25)31-2)23-13-20(9-11-28-23)30-21-4-3-10-27-16-21/h3-13,16,29H,1,15H2,2H3,(H,28,30). The number of aromatic nitrogens is 2. The Morgan fingerprint density at radius 1 is 1.10 bits per heavy atom. The van der Waals surface area contributed by atoms with Gasteiger partial charge in [0.25, 0.3) is 0 Å². The average Bonchev–Trinajstić information content (AvgIpc) is 2.82. The van der Waals surface area contributed by atoms with Gasteiger partial charge in [-0.15, -0.1) is 0 Å². The molecule has 0 saturated carbocycles. The normalized spacial score (nSPS) is 10.3. The summed E-state index contributed by atoms with van der Waals surface area (Å²) in [5, 5.41) is 17.7. The second-order valence-electron chi connectivity index (χ2n) is 6.94. The zero-order chi connectivity index (χ0) is 21.6. The van der Waals surface area contributed by atoms with Crippen molar-refractivity contribution in [1.29, 1.82) is 5.26 Å². The highest BCUT2D eigenvalue weighted by Crippen LogP contribution is 2.36. The Bertz CT molecular complexity index is 1280. The molecular formula is C25H21N5O. The maximum Gasteiger partial charge on any atom is 0.142 e. The van der Waals surface area contributed by atoms with Crippen LogP contribution in [0, 0.1) is 11.3 Å². The second kappa shape index (κ2) is 8.97. The van der Waals surface area contributed by atoms with Gasteiger partial charge >= 0.3 is 0 Å². The molecule has 2 aromatic heterocycles. The van der Waals surface area contributed by atoms with Crippen LogP contribution in [0.25, 0.3) is 22.0 Å². The molecule has 2 N–H and O–H groups in total. The van der Waals surface area contributed by atoms with Gasteiger partial charge in [-0.25, -0.2) is 0 Å². The lowest BCUT2D eigenvalue weighted by atomic mass is 10.0. The van der Waals surface area contributed by atoms with Crippen LogP contribution in [0.2, 0.25) is 0 Å². The Hall–Kier alpha value is -4.37. The zero-order valence-corrected chi connectivity index (χ0v) is 17.1. The molecule has 152 valence electrons. The maximum absolute atomic E-state index is 9.04. The van der Waals surface area contributed by atoms with Crippen molar-refractivity contribution in [3.05, 3.63) is 85.3 Å². The highest BCUT2D eigenvalue weighted by Gasteiger charge is 2.11. The van der Waals surface area contributed by atoms with E-state index in [2.05, 4.69) is 45.4 Å². The molecule has 2 aromatic carbocycles. The van der Waals surface area contributed by atoms with Crippen LogP contribution in [0.3, 0.4) is 0 Å². The Morgan fingerprint density at radius 2 is 1.97 bits per heavy atom. The fourth-order valence-electron chi connectivity index (χ4n) is 3.32. The van der Waals surface area contributed by atoms with Crippen molar-refractivity contribution in [2.75, 3.05) is 24.3 Å². The van der Waals surface area contributed by atoms with Crippen LogP contribution in [0.4, 0.5) is 17.1 Å². The number of nitriles is 1. The summed E-state index contributed by atoms with van der Waals surface area (Å²) in [6.07, 6.45) is 5.29. The third kappa shape index (κ3) is 4.46. The van der Waals surface area contributed by atoms with Gasteiger partial charge in [-0.2, -0.15) is 5.26 Å². The van der Waals surface area contributed by atoms with E-state index in [1.54, 1.807) is 25.7 Å². The number of nitrogens with zero attached hydrogens (tertiary/aromatic N) is 3.